The first kappa shape index (κ1) is 26.5. The van der Waals surface area contributed by atoms with Crippen molar-refractivity contribution in [2.24, 2.45) is 0 Å². The molecule has 14 heteroatoms. The van der Waals surface area contributed by atoms with Crippen molar-refractivity contribution >= 4 is 29.6 Å². The molecule has 0 bridgehead atoms. The highest BCUT2D eigenvalue weighted by Crippen LogP contribution is 2.35. The number of carbonyl (C=O) groups excluding carboxylic acids is 4. The SMILES string of the molecule is COC(=O)[C@H]1O[C@H](Oc2ccc(CO)cc2[N+](=O)[O-])[C@H](OC(C)=O)[C@@H](OC(C)=O)[C@@H]1OC(C)=O. The molecule has 0 spiro atoms. The molecule has 1 heterocycles. The Morgan fingerprint density at radius 3 is 2.06 bits per heavy atom. The zero-order valence-corrected chi connectivity index (χ0v) is 18.6. The number of ether oxygens (including phenoxy) is 6. The number of aliphatic hydroxyl groups excluding tert-OH is 1. The van der Waals surface area contributed by atoms with E-state index in [1.165, 1.54) is 6.07 Å². The van der Waals surface area contributed by atoms with Crippen LogP contribution in [0, 0.1) is 10.1 Å². The summed E-state index contributed by atoms with van der Waals surface area (Å²) in [6.07, 6.45) is -8.30. The van der Waals surface area contributed by atoms with Crippen LogP contribution in [-0.4, -0.2) is 71.7 Å². The van der Waals surface area contributed by atoms with E-state index < -0.39 is 71.8 Å². The van der Waals surface area contributed by atoms with Crippen molar-refractivity contribution < 1.29 is 57.6 Å². The number of nitro groups is 1. The van der Waals surface area contributed by atoms with E-state index >= 15 is 0 Å². The van der Waals surface area contributed by atoms with E-state index in [0.717, 1.165) is 40.0 Å². The molecule has 2 rings (SSSR count). The van der Waals surface area contributed by atoms with Gasteiger partial charge in [0.1, 0.15) is 0 Å². The molecule has 1 N–H and O–H groups in total. The Morgan fingerprint density at radius 2 is 1.56 bits per heavy atom. The number of aliphatic hydroxyl groups is 1. The summed E-state index contributed by atoms with van der Waals surface area (Å²) in [6.45, 7) is 2.58. The monoisotopic (exact) mass is 485 g/mol. The molecule has 1 aromatic rings. The molecular formula is C20H23NO13. The summed E-state index contributed by atoms with van der Waals surface area (Å²) >= 11 is 0. The van der Waals surface area contributed by atoms with Gasteiger partial charge in [0.2, 0.25) is 12.4 Å². The van der Waals surface area contributed by atoms with E-state index in [1.807, 2.05) is 0 Å². The van der Waals surface area contributed by atoms with Crippen LogP contribution in [0.3, 0.4) is 0 Å². The molecule has 1 aliphatic rings. The molecule has 5 atom stereocenters. The molecule has 34 heavy (non-hydrogen) atoms. The predicted molar refractivity (Wildman–Crippen MR) is 107 cm³/mol. The Hall–Kier alpha value is -3.78. The Balaban J connectivity index is 2.58. The number of methoxy groups -OCH3 is 1. The van der Waals surface area contributed by atoms with Gasteiger partial charge >= 0.3 is 29.6 Å². The van der Waals surface area contributed by atoms with Gasteiger partial charge < -0.3 is 33.5 Å². The second-order valence-corrected chi connectivity index (χ2v) is 7.01. The van der Waals surface area contributed by atoms with Crippen LogP contribution in [0.25, 0.3) is 0 Å². The van der Waals surface area contributed by atoms with Crippen LogP contribution >= 0.6 is 0 Å². The zero-order chi connectivity index (χ0) is 25.6. The Morgan fingerprint density at radius 1 is 1.00 bits per heavy atom. The fourth-order valence-corrected chi connectivity index (χ4v) is 3.20. The summed E-state index contributed by atoms with van der Waals surface area (Å²) in [5.41, 5.74) is -0.363. The van der Waals surface area contributed by atoms with Crippen molar-refractivity contribution in [3.05, 3.63) is 33.9 Å². The van der Waals surface area contributed by atoms with Gasteiger partial charge in [-0.15, -0.1) is 0 Å². The first-order valence-electron chi connectivity index (χ1n) is 9.78. The average Bonchev–Trinajstić information content (AvgIpc) is 2.76. The molecule has 0 amide bonds. The van der Waals surface area contributed by atoms with Gasteiger partial charge in [-0.25, -0.2) is 4.79 Å². The minimum atomic E-state index is -1.75. The lowest BCUT2D eigenvalue weighted by molar-refractivity contribution is -0.387. The molecule has 1 aliphatic heterocycles. The second kappa shape index (κ2) is 11.4. The average molecular weight is 485 g/mol. The van der Waals surface area contributed by atoms with Crippen LogP contribution in [0.15, 0.2) is 18.2 Å². The topological polar surface area (TPSA) is 187 Å². The molecule has 0 saturated carbocycles. The van der Waals surface area contributed by atoms with Crippen LogP contribution in [0.2, 0.25) is 0 Å². The van der Waals surface area contributed by atoms with E-state index in [-0.39, 0.29) is 11.3 Å². The number of nitrogens with zero attached hydrogens (tertiary/aromatic N) is 1. The highest BCUT2D eigenvalue weighted by molar-refractivity contribution is 5.77. The maximum atomic E-state index is 12.4. The highest BCUT2D eigenvalue weighted by atomic mass is 16.7. The Labute approximate surface area is 192 Å². The zero-order valence-electron chi connectivity index (χ0n) is 18.6. The molecule has 0 unspecified atom stereocenters. The van der Waals surface area contributed by atoms with Gasteiger partial charge in [-0.3, -0.25) is 24.5 Å². The summed E-state index contributed by atoms with van der Waals surface area (Å²) in [7, 11) is 1.02. The van der Waals surface area contributed by atoms with Gasteiger partial charge in [-0.1, -0.05) is 6.07 Å². The summed E-state index contributed by atoms with van der Waals surface area (Å²) in [4.78, 5) is 58.4. The third-order valence-corrected chi connectivity index (χ3v) is 4.48. The normalized spacial score (nSPS) is 23.9. The number of carbonyl (C=O) groups is 4. The Bertz CT molecular complexity index is 962. The second-order valence-electron chi connectivity index (χ2n) is 7.01. The van der Waals surface area contributed by atoms with Gasteiger partial charge in [-0.05, 0) is 11.6 Å². The maximum Gasteiger partial charge on any atom is 0.339 e. The molecule has 0 aliphatic carbocycles. The van der Waals surface area contributed by atoms with E-state index in [9.17, 15) is 34.4 Å². The summed E-state index contributed by atoms with van der Waals surface area (Å²) < 4.78 is 31.3. The number of esters is 4. The predicted octanol–water partition coefficient (Wildman–Crippen LogP) is 0.159. The molecule has 0 radical (unpaired) electrons. The van der Waals surface area contributed by atoms with E-state index in [1.54, 1.807) is 0 Å². The van der Waals surface area contributed by atoms with Crippen LogP contribution in [0.1, 0.15) is 26.3 Å². The van der Waals surface area contributed by atoms with Gasteiger partial charge in [0.25, 0.3) is 0 Å². The largest absolute Gasteiger partial charge is 0.467 e. The van der Waals surface area contributed by atoms with Crippen LogP contribution in [0.4, 0.5) is 5.69 Å². The molecule has 186 valence electrons. The number of benzene rings is 1. The minimum Gasteiger partial charge on any atom is -0.467 e. The fraction of sp³-hybridized carbons (Fsp3) is 0.500. The minimum absolute atomic E-state index is 0.209. The molecule has 0 aromatic heterocycles. The Kier molecular flexibility index (Phi) is 8.86. The van der Waals surface area contributed by atoms with E-state index in [4.69, 9.17) is 23.7 Å². The number of nitro benzene ring substituents is 1. The molecule has 14 nitrogen and oxygen atoms in total. The summed E-state index contributed by atoms with van der Waals surface area (Å²) in [5.74, 6) is -4.08. The van der Waals surface area contributed by atoms with E-state index in [0.29, 0.717) is 0 Å². The first-order chi connectivity index (χ1) is 16.0. The molecular weight excluding hydrogens is 462 g/mol. The van der Waals surface area contributed by atoms with Gasteiger partial charge in [-0.2, -0.15) is 0 Å². The van der Waals surface area contributed by atoms with Crippen molar-refractivity contribution in [2.75, 3.05) is 7.11 Å². The number of hydrogen-bond donors (Lipinski definition) is 1. The quantitative estimate of drug-likeness (QED) is 0.227. The van der Waals surface area contributed by atoms with Gasteiger partial charge in [0, 0.05) is 26.8 Å². The standard InChI is InChI=1S/C20H23NO13/c1-9(23)30-15-16(31-10(2)24)18(32-11(3)25)20(34-17(15)19(26)29-4)33-14-6-5-12(8-22)7-13(14)21(27)28/h5-7,15-18,20,22H,8H2,1-4H3/t15-,16-,17-,18+,20-/m0/s1. The summed E-state index contributed by atoms with van der Waals surface area (Å²) in [6, 6.07) is 3.53. The molecule has 1 aromatic carbocycles. The fourth-order valence-electron chi connectivity index (χ4n) is 3.20. The van der Waals surface area contributed by atoms with Crippen molar-refractivity contribution in [2.45, 2.75) is 58.1 Å². The first-order valence-corrected chi connectivity index (χ1v) is 9.78. The van der Waals surface area contributed by atoms with Crippen molar-refractivity contribution in [3.8, 4) is 5.75 Å². The third kappa shape index (κ3) is 6.39. The highest BCUT2D eigenvalue weighted by Gasteiger charge is 2.56. The van der Waals surface area contributed by atoms with Gasteiger partial charge in [0.05, 0.1) is 18.6 Å². The van der Waals surface area contributed by atoms with Crippen LogP contribution in [-0.2, 0) is 49.5 Å². The third-order valence-electron chi connectivity index (χ3n) is 4.48. The van der Waals surface area contributed by atoms with Crippen LogP contribution < -0.4 is 4.74 Å². The lowest BCUT2D eigenvalue weighted by Gasteiger charge is -2.42. The smallest absolute Gasteiger partial charge is 0.339 e. The van der Waals surface area contributed by atoms with Crippen molar-refractivity contribution in [1.29, 1.82) is 0 Å². The van der Waals surface area contributed by atoms with Crippen molar-refractivity contribution in [3.63, 3.8) is 0 Å². The van der Waals surface area contributed by atoms with E-state index in [2.05, 4.69) is 4.74 Å². The van der Waals surface area contributed by atoms with Crippen molar-refractivity contribution in [1.82, 2.24) is 0 Å². The van der Waals surface area contributed by atoms with Crippen LogP contribution in [0.5, 0.6) is 5.75 Å². The maximum absolute atomic E-state index is 12.4. The molecule has 1 saturated heterocycles. The number of rotatable bonds is 8. The lowest BCUT2D eigenvalue weighted by Crippen LogP contribution is -2.64. The molecule has 1 fully saturated rings. The summed E-state index contributed by atoms with van der Waals surface area (Å²) in [5, 5.41) is 20.8. The lowest BCUT2D eigenvalue weighted by atomic mass is 9.97. The number of hydrogen-bond acceptors (Lipinski definition) is 13. The van der Waals surface area contributed by atoms with Gasteiger partial charge in [0.15, 0.2) is 24.1 Å².